The van der Waals surface area contributed by atoms with E-state index in [1.54, 1.807) is 0 Å². The van der Waals surface area contributed by atoms with Crippen molar-refractivity contribution in [2.24, 2.45) is 0 Å². The summed E-state index contributed by atoms with van der Waals surface area (Å²) in [5, 5.41) is 0. The number of hydrogen-bond donors (Lipinski definition) is 0. The summed E-state index contributed by atoms with van der Waals surface area (Å²) in [5.41, 5.74) is 3.81. The second kappa shape index (κ2) is 7.36. The number of nitrogens with zero attached hydrogens (tertiary/aromatic N) is 1. The third-order valence-electron chi connectivity index (χ3n) is 8.05. The number of hydrogen-bond acceptors (Lipinski definition) is 7. The molecule has 0 unspecified atom stereocenters. The van der Waals surface area contributed by atoms with Crippen LogP contribution in [0.25, 0.3) is 11.1 Å². The van der Waals surface area contributed by atoms with E-state index < -0.39 is 42.0 Å². The lowest BCUT2D eigenvalue weighted by atomic mass is 9.77. The molecular formula is C27H27NO7. The Bertz CT molecular complexity index is 1180. The number of ketones is 1. The van der Waals surface area contributed by atoms with Crippen LogP contribution in [0.15, 0.2) is 48.5 Å². The summed E-state index contributed by atoms with van der Waals surface area (Å²) in [5.74, 6) is -1.04. The van der Waals surface area contributed by atoms with Crippen LogP contribution in [0.3, 0.4) is 0 Å². The van der Waals surface area contributed by atoms with Gasteiger partial charge in [0.2, 0.25) is 0 Å². The Morgan fingerprint density at radius 2 is 1.71 bits per heavy atom. The van der Waals surface area contributed by atoms with Gasteiger partial charge in [-0.3, -0.25) is 9.69 Å². The molecule has 8 nitrogen and oxygen atoms in total. The Morgan fingerprint density at radius 3 is 2.43 bits per heavy atom. The van der Waals surface area contributed by atoms with Gasteiger partial charge in [0.05, 0.1) is 0 Å². The van der Waals surface area contributed by atoms with Gasteiger partial charge in [-0.05, 0) is 42.5 Å². The number of benzene rings is 2. The number of rotatable bonds is 2. The SMILES string of the molecule is CC1(C)O[C@H]2O[C@@H]3[C@@H]4C(=O)CO[C@@]3(CCN4C(=O)OCC3c4ccccc4-c4ccccc43)[C@H]2O1. The van der Waals surface area contributed by atoms with Crippen molar-refractivity contribution in [3.05, 3.63) is 59.7 Å². The molecule has 5 atom stereocenters. The molecule has 8 heteroatoms. The van der Waals surface area contributed by atoms with Gasteiger partial charge in [0, 0.05) is 12.5 Å². The highest BCUT2D eigenvalue weighted by atomic mass is 16.8. The second-order valence-electron chi connectivity index (χ2n) is 10.4. The Morgan fingerprint density at radius 1 is 1.03 bits per heavy atom. The summed E-state index contributed by atoms with van der Waals surface area (Å²) in [6.07, 6.45) is -1.76. The van der Waals surface area contributed by atoms with Crippen LogP contribution < -0.4 is 0 Å². The van der Waals surface area contributed by atoms with E-state index in [2.05, 4.69) is 24.3 Å². The zero-order chi connectivity index (χ0) is 23.9. The maximum absolute atomic E-state index is 13.4. The van der Waals surface area contributed by atoms with Gasteiger partial charge in [-0.15, -0.1) is 0 Å². The number of Topliss-reactive ketones (excluding diaryl/α,β-unsaturated/α-hetero) is 1. The molecule has 5 aliphatic rings. The van der Waals surface area contributed by atoms with Gasteiger partial charge in [-0.1, -0.05) is 48.5 Å². The smallest absolute Gasteiger partial charge is 0.410 e. The maximum Gasteiger partial charge on any atom is 0.410 e. The fourth-order valence-electron chi connectivity index (χ4n) is 6.56. The standard InChI is InChI=1S/C27H27NO7/c1-26(2)34-23-24(35-26)33-22-21-20(29)14-32-27(22,23)11-12-28(21)25(30)31-13-19-17-9-5-3-7-15(17)16-8-4-6-10-18(16)19/h3-10,19,21-24H,11-14H2,1-2H3/t21-,22+,23-,24+,27+/m0/s1. The van der Waals surface area contributed by atoms with Crippen molar-refractivity contribution in [3.8, 4) is 11.1 Å². The molecule has 2 bridgehead atoms. The molecule has 4 aliphatic heterocycles. The van der Waals surface area contributed by atoms with E-state index in [4.69, 9.17) is 23.7 Å². The summed E-state index contributed by atoms with van der Waals surface area (Å²) in [6.45, 7) is 4.09. The Balaban J connectivity index is 1.12. The van der Waals surface area contributed by atoms with Crippen LogP contribution in [0, 0.1) is 0 Å². The lowest BCUT2D eigenvalue weighted by Gasteiger charge is -2.51. The van der Waals surface area contributed by atoms with Crippen LogP contribution >= 0.6 is 0 Å². The van der Waals surface area contributed by atoms with E-state index in [0.717, 1.165) is 11.1 Å². The molecule has 182 valence electrons. The first-order valence-electron chi connectivity index (χ1n) is 12.2. The van der Waals surface area contributed by atoms with Gasteiger partial charge in [0.15, 0.2) is 17.9 Å². The highest BCUT2D eigenvalue weighted by Gasteiger charge is 2.71. The van der Waals surface area contributed by atoms with Crippen LogP contribution in [0.5, 0.6) is 0 Å². The number of fused-ring (bicyclic) bond motifs is 4. The molecule has 1 amide bonds. The van der Waals surface area contributed by atoms with Crippen molar-refractivity contribution < 1.29 is 33.3 Å². The zero-order valence-corrected chi connectivity index (χ0v) is 19.6. The number of piperidine rings is 1. The fraction of sp³-hybridized carbons (Fsp3) is 0.481. The summed E-state index contributed by atoms with van der Waals surface area (Å²) in [6, 6.07) is 15.6. The van der Waals surface area contributed by atoms with Crippen molar-refractivity contribution in [1.29, 1.82) is 0 Å². The molecule has 2 aromatic carbocycles. The highest BCUT2D eigenvalue weighted by Crippen LogP contribution is 2.52. The minimum atomic E-state index is -0.808. The molecule has 0 saturated carbocycles. The zero-order valence-electron chi connectivity index (χ0n) is 19.6. The largest absolute Gasteiger partial charge is 0.448 e. The molecule has 4 saturated heterocycles. The van der Waals surface area contributed by atoms with Crippen LogP contribution in [0.2, 0.25) is 0 Å². The van der Waals surface area contributed by atoms with E-state index in [9.17, 15) is 9.59 Å². The fourth-order valence-corrected chi connectivity index (χ4v) is 6.56. The molecule has 0 aromatic heterocycles. The van der Waals surface area contributed by atoms with Crippen LogP contribution in [0.4, 0.5) is 4.79 Å². The molecule has 4 fully saturated rings. The minimum Gasteiger partial charge on any atom is -0.448 e. The quantitative estimate of drug-likeness (QED) is 0.657. The minimum absolute atomic E-state index is 0.0493. The predicted octanol–water partition coefficient (Wildman–Crippen LogP) is 3.22. The highest BCUT2D eigenvalue weighted by molar-refractivity contribution is 5.90. The molecule has 1 aliphatic carbocycles. The van der Waals surface area contributed by atoms with E-state index in [1.807, 2.05) is 38.1 Å². The van der Waals surface area contributed by atoms with Gasteiger partial charge in [0.1, 0.15) is 37.1 Å². The van der Waals surface area contributed by atoms with E-state index >= 15 is 0 Å². The lowest BCUT2D eigenvalue weighted by molar-refractivity contribution is -0.261. The Hall–Kier alpha value is -2.78. The number of ether oxygens (including phenoxy) is 5. The first-order chi connectivity index (χ1) is 16.9. The third kappa shape index (κ3) is 3.00. The van der Waals surface area contributed by atoms with Gasteiger partial charge in [-0.2, -0.15) is 0 Å². The number of carbonyl (C=O) groups is 2. The average Bonchev–Trinajstić information content (AvgIpc) is 3.44. The summed E-state index contributed by atoms with van der Waals surface area (Å²) >= 11 is 0. The number of amides is 1. The molecule has 0 spiro atoms. The number of likely N-dealkylation sites (tertiary alicyclic amines) is 1. The van der Waals surface area contributed by atoms with E-state index in [0.29, 0.717) is 13.0 Å². The molecule has 4 heterocycles. The lowest BCUT2D eigenvalue weighted by Crippen LogP contribution is -2.71. The predicted molar refractivity (Wildman–Crippen MR) is 123 cm³/mol. The molecule has 35 heavy (non-hydrogen) atoms. The Labute approximate surface area is 203 Å². The van der Waals surface area contributed by atoms with Crippen molar-refractivity contribution in [2.75, 3.05) is 19.8 Å². The van der Waals surface area contributed by atoms with Crippen molar-refractivity contribution >= 4 is 11.9 Å². The molecule has 0 N–H and O–H groups in total. The van der Waals surface area contributed by atoms with Crippen LogP contribution in [-0.4, -0.2) is 72.5 Å². The Kier molecular flexibility index (Phi) is 4.52. The summed E-state index contributed by atoms with van der Waals surface area (Å²) in [7, 11) is 0. The number of carbonyl (C=O) groups excluding carboxylic acids is 2. The molecule has 0 radical (unpaired) electrons. The van der Waals surface area contributed by atoms with Crippen molar-refractivity contribution in [3.63, 3.8) is 0 Å². The van der Waals surface area contributed by atoms with Crippen molar-refractivity contribution in [2.45, 2.75) is 62.1 Å². The topological polar surface area (TPSA) is 83.5 Å². The van der Waals surface area contributed by atoms with E-state index in [1.165, 1.54) is 16.0 Å². The molecule has 2 aromatic rings. The van der Waals surface area contributed by atoms with E-state index in [-0.39, 0.29) is 24.9 Å². The van der Waals surface area contributed by atoms with Gasteiger partial charge >= 0.3 is 6.09 Å². The second-order valence-corrected chi connectivity index (χ2v) is 10.4. The van der Waals surface area contributed by atoms with Crippen molar-refractivity contribution in [1.82, 2.24) is 4.90 Å². The van der Waals surface area contributed by atoms with Gasteiger partial charge < -0.3 is 23.7 Å². The van der Waals surface area contributed by atoms with Gasteiger partial charge in [0.25, 0.3) is 0 Å². The monoisotopic (exact) mass is 477 g/mol. The first kappa shape index (κ1) is 21.5. The van der Waals surface area contributed by atoms with Crippen LogP contribution in [0.1, 0.15) is 37.3 Å². The maximum atomic E-state index is 13.4. The summed E-state index contributed by atoms with van der Waals surface area (Å²) < 4.78 is 30.1. The van der Waals surface area contributed by atoms with Gasteiger partial charge in [-0.25, -0.2) is 4.79 Å². The van der Waals surface area contributed by atoms with Crippen LogP contribution in [-0.2, 0) is 28.5 Å². The third-order valence-corrected chi connectivity index (χ3v) is 8.05. The normalized spacial score (nSPS) is 34.2. The summed E-state index contributed by atoms with van der Waals surface area (Å²) in [4.78, 5) is 27.8. The average molecular weight is 478 g/mol. The molecule has 7 rings (SSSR count). The molecular weight excluding hydrogens is 450 g/mol. The first-order valence-corrected chi connectivity index (χ1v) is 12.2.